The van der Waals surface area contributed by atoms with Crippen LogP contribution in [0.1, 0.15) is 19.1 Å². The summed E-state index contributed by atoms with van der Waals surface area (Å²) in [5.41, 5.74) is 0. The van der Waals surface area contributed by atoms with Gasteiger partial charge in [-0.25, -0.2) is 0 Å². The molecule has 0 aromatic carbocycles. The maximum Gasteiger partial charge on any atom is 0.117 e. The van der Waals surface area contributed by atoms with E-state index in [4.69, 9.17) is 9.15 Å². The minimum Gasteiger partial charge on any atom is -0.468 e. The quantitative estimate of drug-likeness (QED) is 0.795. The van der Waals surface area contributed by atoms with E-state index in [1.54, 1.807) is 6.26 Å². The summed E-state index contributed by atoms with van der Waals surface area (Å²) in [6, 6.07) is 3.89. The number of nitrogens with one attached hydrogen (secondary N) is 1. The molecule has 0 saturated carbocycles. The fraction of sp³-hybridized carbons (Fsp3) is 0.636. The number of hydrogen-bond acceptors (Lipinski definition) is 3. The van der Waals surface area contributed by atoms with Crippen LogP contribution in [0, 0.1) is 5.92 Å². The Labute approximate surface area is 84.4 Å². The van der Waals surface area contributed by atoms with Crippen molar-refractivity contribution in [3.05, 3.63) is 24.2 Å². The zero-order valence-corrected chi connectivity index (χ0v) is 8.53. The fourth-order valence-electron chi connectivity index (χ4n) is 1.77. The van der Waals surface area contributed by atoms with Crippen LogP contribution in [0.25, 0.3) is 0 Å². The van der Waals surface area contributed by atoms with E-state index in [1.165, 1.54) is 6.42 Å². The molecule has 1 aromatic rings. The van der Waals surface area contributed by atoms with E-state index < -0.39 is 0 Å². The van der Waals surface area contributed by atoms with Crippen molar-refractivity contribution in [2.45, 2.75) is 26.0 Å². The molecular formula is C11H17NO2. The third-order valence-corrected chi connectivity index (χ3v) is 2.76. The molecule has 78 valence electrons. The van der Waals surface area contributed by atoms with Crippen molar-refractivity contribution < 1.29 is 9.15 Å². The molecule has 1 aromatic heterocycles. The normalized spacial score (nSPS) is 26.9. The van der Waals surface area contributed by atoms with Crippen LogP contribution in [0.5, 0.6) is 0 Å². The highest BCUT2D eigenvalue weighted by molar-refractivity contribution is 4.97. The second kappa shape index (κ2) is 4.62. The number of hydrogen-bond donors (Lipinski definition) is 1. The van der Waals surface area contributed by atoms with Crippen LogP contribution in [0.15, 0.2) is 22.8 Å². The second-order valence-electron chi connectivity index (χ2n) is 3.89. The molecule has 1 fully saturated rings. The van der Waals surface area contributed by atoms with Crippen molar-refractivity contribution >= 4 is 0 Å². The standard InChI is InChI=1S/C11H17NO2/c1-9-4-6-14-11(9)8-12-7-10-3-2-5-13-10/h2-3,5,9,11-12H,4,6-8H2,1H3. The van der Waals surface area contributed by atoms with E-state index in [0.717, 1.165) is 25.5 Å². The highest BCUT2D eigenvalue weighted by Crippen LogP contribution is 2.19. The van der Waals surface area contributed by atoms with Gasteiger partial charge in [-0.15, -0.1) is 0 Å². The molecule has 3 nitrogen and oxygen atoms in total. The Hall–Kier alpha value is -0.800. The average Bonchev–Trinajstić information content (AvgIpc) is 2.78. The largest absolute Gasteiger partial charge is 0.468 e. The highest BCUT2D eigenvalue weighted by atomic mass is 16.5. The minimum absolute atomic E-state index is 0.380. The first-order chi connectivity index (χ1) is 6.86. The highest BCUT2D eigenvalue weighted by Gasteiger charge is 2.23. The van der Waals surface area contributed by atoms with Crippen LogP contribution in [0.3, 0.4) is 0 Å². The van der Waals surface area contributed by atoms with Gasteiger partial charge >= 0.3 is 0 Å². The van der Waals surface area contributed by atoms with Gasteiger partial charge in [-0.1, -0.05) is 6.92 Å². The summed E-state index contributed by atoms with van der Waals surface area (Å²) in [6.45, 7) is 4.86. The van der Waals surface area contributed by atoms with Gasteiger partial charge in [-0.2, -0.15) is 0 Å². The summed E-state index contributed by atoms with van der Waals surface area (Å²) < 4.78 is 10.8. The van der Waals surface area contributed by atoms with Crippen molar-refractivity contribution in [2.24, 2.45) is 5.92 Å². The molecular weight excluding hydrogens is 178 g/mol. The summed E-state index contributed by atoms with van der Waals surface area (Å²) in [4.78, 5) is 0. The van der Waals surface area contributed by atoms with Gasteiger partial charge < -0.3 is 14.5 Å². The van der Waals surface area contributed by atoms with Gasteiger partial charge in [-0.05, 0) is 24.5 Å². The minimum atomic E-state index is 0.380. The zero-order chi connectivity index (χ0) is 9.80. The molecule has 0 spiro atoms. The molecule has 0 bridgehead atoms. The van der Waals surface area contributed by atoms with E-state index in [-0.39, 0.29) is 0 Å². The predicted octanol–water partition coefficient (Wildman–Crippen LogP) is 1.79. The maximum absolute atomic E-state index is 5.59. The molecule has 1 saturated heterocycles. The van der Waals surface area contributed by atoms with Crippen LogP contribution < -0.4 is 5.32 Å². The van der Waals surface area contributed by atoms with Crippen LogP contribution in [-0.4, -0.2) is 19.3 Å². The monoisotopic (exact) mass is 195 g/mol. The number of furan rings is 1. The topological polar surface area (TPSA) is 34.4 Å². The average molecular weight is 195 g/mol. The van der Waals surface area contributed by atoms with Crippen molar-refractivity contribution in [1.29, 1.82) is 0 Å². The van der Waals surface area contributed by atoms with E-state index in [0.29, 0.717) is 12.0 Å². The van der Waals surface area contributed by atoms with Crippen molar-refractivity contribution in [2.75, 3.05) is 13.2 Å². The van der Waals surface area contributed by atoms with Gasteiger partial charge in [0, 0.05) is 13.2 Å². The van der Waals surface area contributed by atoms with Gasteiger partial charge in [0.1, 0.15) is 5.76 Å². The zero-order valence-electron chi connectivity index (χ0n) is 8.53. The molecule has 3 heteroatoms. The van der Waals surface area contributed by atoms with Gasteiger partial charge in [0.2, 0.25) is 0 Å². The maximum atomic E-state index is 5.59. The van der Waals surface area contributed by atoms with Crippen LogP contribution in [-0.2, 0) is 11.3 Å². The van der Waals surface area contributed by atoms with Gasteiger partial charge in [0.15, 0.2) is 0 Å². The number of rotatable bonds is 4. The molecule has 0 amide bonds. The van der Waals surface area contributed by atoms with Gasteiger partial charge in [0.25, 0.3) is 0 Å². The molecule has 2 rings (SSSR count). The molecule has 0 radical (unpaired) electrons. The SMILES string of the molecule is CC1CCOC1CNCc1ccco1. The summed E-state index contributed by atoms with van der Waals surface area (Å²) in [6.07, 6.45) is 3.27. The molecule has 0 aliphatic carbocycles. The Balaban J connectivity index is 1.68. The van der Waals surface area contributed by atoms with Crippen LogP contribution in [0.4, 0.5) is 0 Å². The van der Waals surface area contributed by atoms with Gasteiger partial charge in [0.05, 0.1) is 18.9 Å². The summed E-state index contributed by atoms with van der Waals surface area (Å²) in [5.74, 6) is 1.66. The van der Waals surface area contributed by atoms with Crippen LogP contribution in [0.2, 0.25) is 0 Å². The summed E-state index contributed by atoms with van der Waals surface area (Å²) in [5, 5.41) is 3.34. The molecule has 1 aliphatic rings. The van der Waals surface area contributed by atoms with Crippen molar-refractivity contribution in [3.8, 4) is 0 Å². The number of ether oxygens (including phenoxy) is 1. The summed E-state index contributed by atoms with van der Waals surface area (Å²) >= 11 is 0. The Kier molecular flexibility index (Phi) is 3.22. The van der Waals surface area contributed by atoms with E-state index in [9.17, 15) is 0 Å². The molecule has 2 heterocycles. The Morgan fingerprint density at radius 2 is 2.50 bits per heavy atom. The Bertz CT molecular complexity index is 258. The molecule has 2 unspecified atom stereocenters. The lowest BCUT2D eigenvalue weighted by Crippen LogP contribution is -2.29. The molecule has 1 aliphatic heterocycles. The lowest BCUT2D eigenvalue weighted by Gasteiger charge is -2.14. The molecule has 1 N–H and O–H groups in total. The molecule has 2 atom stereocenters. The Morgan fingerprint density at radius 1 is 1.57 bits per heavy atom. The Morgan fingerprint density at radius 3 is 3.14 bits per heavy atom. The second-order valence-corrected chi connectivity index (χ2v) is 3.89. The summed E-state index contributed by atoms with van der Waals surface area (Å²) in [7, 11) is 0. The lowest BCUT2D eigenvalue weighted by atomic mass is 10.0. The molecule has 14 heavy (non-hydrogen) atoms. The van der Waals surface area contributed by atoms with E-state index in [2.05, 4.69) is 12.2 Å². The van der Waals surface area contributed by atoms with Crippen LogP contribution >= 0.6 is 0 Å². The third kappa shape index (κ3) is 2.36. The predicted molar refractivity (Wildman–Crippen MR) is 53.9 cm³/mol. The van der Waals surface area contributed by atoms with Gasteiger partial charge in [-0.3, -0.25) is 0 Å². The third-order valence-electron chi connectivity index (χ3n) is 2.76. The first-order valence-electron chi connectivity index (χ1n) is 5.21. The first-order valence-corrected chi connectivity index (χ1v) is 5.21. The first kappa shape index (κ1) is 9.74. The van der Waals surface area contributed by atoms with Crippen molar-refractivity contribution in [3.63, 3.8) is 0 Å². The fourth-order valence-corrected chi connectivity index (χ4v) is 1.77. The van der Waals surface area contributed by atoms with Crippen molar-refractivity contribution in [1.82, 2.24) is 5.32 Å². The lowest BCUT2D eigenvalue weighted by molar-refractivity contribution is 0.0927. The van der Waals surface area contributed by atoms with E-state index >= 15 is 0 Å². The smallest absolute Gasteiger partial charge is 0.117 e. The van der Waals surface area contributed by atoms with E-state index in [1.807, 2.05) is 12.1 Å².